The molecule has 0 aromatic heterocycles. The highest BCUT2D eigenvalue weighted by Gasteiger charge is 2.31. The van der Waals surface area contributed by atoms with Gasteiger partial charge in [-0.25, -0.2) is 4.79 Å². The van der Waals surface area contributed by atoms with Crippen molar-refractivity contribution in [2.45, 2.75) is 39.2 Å². The Labute approximate surface area is 146 Å². The number of aliphatic hydroxyl groups is 1. The van der Waals surface area contributed by atoms with Crippen molar-refractivity contribution in [2.75, 3.05) is 0 Å². The Morgan fingerprint density at radius 1 is 1.50 bits per heavy atom. The average molecular weight is 344 g/mol. The molecular weight excluding hydrogens is 324 g/mol. The van der Waals surface area contributed by atoms with Crippen LogP contribution < -0.4 is 0 Å². The molecule has 126 valence electrons. The molecule has 24 heavy (non-hydrogen) atoms. The van der Waals surface area contributed by atoms with Crippen molar-refractivity contribution >= 4 is 29.3 Å². The monoisotopic (exact) mass is 344 g/mol. The Balaban J connectivity index is 1.96. The quantitative estimate of drug-likeness (QED) is 0.487. The standard InChI is InChI=1S/C19H20O4S/c1-3-13-10(2)15-9-23-18(21)16(15)17(20)14(13)7-5-11-4-6-12(8-11)19(22)24/h3,5,12,20H,1,4,6-9H2,2H3,(H,22,24). The van der Waals surface area contributed by atoms with Gasteiger partial charge in [0.1, 0.15) is 17.9 Å². The topological polar surface area (TPSA) is 66.8 Å². The van der Waals surface area contributed by atoms with Crippen LogP contribution in [0, 0.1) is 12.8 Å². The minimum Gasteiger partial charge on any atom is -0.507 e. The van der Waals surface area contributed by atoms with Gasteiger partial charge in [0.05, 0.1) is 0 Å². The normalized spacial score (nSPS) is 21.0. The summed E-state index contributed by atoms with van der Waals surface area (Å²) in [5.41, 5.74) is 4.73. The van der Waals surface area contributed by atoms with Crippen molar-refractivity contribution in [1.29, 1.82) is 0 Å². The van der Waals surface area contributed by atoms with Gasteiger partial charge < -0.3 is 14.9 Å². The van der Waals surface area contributed by atoms with Gasteiger partial charge in [0.25, 0.3) is 0 Å². The maximum Gasteiger partial charge on any atom is 0.342 e. The van der Waals surface area contributed by atoms with E-state index in [2.05, 4.69) is 12.7 Å². The zero-order chi connectivity index (χ0) is 17.4. The van der Waals surface area contributed by atoms with Gasteiger partial charge in [0.2, 0.25) is 0 Å². The van der Waals surface area contributed by atoms with Crippen molar-refractivity contribution < 1.29 is 19.7 Å². The largest absolute Gasteiger partial charge is 0.507 e. The number of fused-ring (bicyclic) bond motifs is 1. The number of phenolic OH excluding ortho intramolecular Hbond substituents is 1. The van der Waals surface area contributed by atoms with Crippen LogP contribution in [-0.2, 0) is 17.8 Å². The molecule has 0 radical (unpaired) electrons. The number of aliphatic hydroxyl groups excluding tert-OH is 1. The van der Waals surface area contributed by atoms with E-state index in [1.54, 1.807) is 6.08 Å². The smallest absolute Gasteiger partial charge is 0.342 e. The summed E-state index contributed by atoms with van der Waals surface area (Å²) in [5, 5.41) is 20.1. The number of carbonyl (C=O) groups excluding carboxylic acids is 1. The summed E-state index contributed by atoms with van der Waals surface area (Å²) >= 11 is 4.85. The average Bonchev–Trinajstić information content (AvgIpc) is 3.16. The Bertz CT molecular complexity index is 776. The molecule has 0 bridgehead atoms. The molecule has 1 heterocycles. The first-order chi connectivity index (χ1) is 11.4. The van der Waals surface area contributed by atoms with E-state index in [4.69, 9.17) is 17.0 Å². The minimum atomic E-state index is -0.471. The molecule has 1 aromatic rings. The SMILES string of the molecule is C=Cc1c(C)c2c(c(O)c1CC=C1CCC(C(O)=S)C1)C(=O)OC2. The second-order valence-corrected chi connectivity index (χ2v) is 6.76. The number of cyclic esters (lactones) is 1. The van der Waals surface area contributed by atoms with Gasteiger partial charge in [-0.15, -0.1) is 0 Å². The van der Waals surface area contributed by atoms with Crippen LogP contribution in [0.2, 0.25) is 0 Å². The summed E-state index contributed by atoms with van der Waals surface area (Å²) < 4.78 is 5.07. The van der Waals surface area contributed by atoms with Gasteiger partial charge in [0.15, 0.2) is 5.05 Å². The molecule has 0 spiro atoms. The Morgan fingerprint density at radius 2 is 2.25 bits per heavy atom. The third kappa shape index (κ3) is 2.73. The molecule has 0 saturated heterocycles. The molecule has 1 aliphatic carbocycles. The number of hydrogen-bond donors (Lipinski definition) is 2. The molecule has 1 aliphatic heterocycles. The number of aromatic hydroxyl groups is 1. The van der Waals surface area contributed by atoms with E-state index in [1.807, 2.05) is 6.92 Å². The summed E-state index contributed by atoms with van der Waals surface area (Å²) in [7, 11) is 0. The number of allylic oxidation sites excluding steroid dienone is 2. The van der Waals surface area contributed by atoms with Crippen LogP contribution in [0.1, 0.15) is 51.9 Å². The van der Waals surface area contributed by atoms with Crippen molar-refractivity contribution in [2.24, 2.45) is 5.92 Å². The van der Waals surface area contributed by atoms with Gasteiger partial charge in [-0.2, -0.15) is 0 Å². The van der Waals surface area contributed by atoms with Crippen molar-refractivity contribution in [3.05, 3.63) is 46.0 Å². The first-order valence-electron chi connectivity index (χ1n) is 8.01. The molecule has 2 aliphatic rings. The van der Waals surface area contributed by atoms with Crippen LogP contribution in [0.15, 0.2) is 18.2 Å². The van der Waals surface area contributed by atoms with Crippen LogP contribution in [0.4, 0.5) is 0 Å². The van der Waals surface area contributed by atoms with Crippen molar-refractivity contribution in [3.63, 3.8) is 0 Å². The maximum absolute atomic E-state index is 11.9. The first-order valence-corrected chi connectivity index (χ1v) is 8.42. The van der Waals surface area contributed by atoms with Crippen LogP contribution in [0.3, 0.4) is 0 Å². The second-order valence-electron chi connectivity index (χ2n) is 6.34. The van der Waals surface area contributed by atoms with Crippen LogP contribution in [-0.4, -0.2) is 21.2 Å². The van der Waals surface area contributed by atoms with E-state index in [-0.39, 0.29) is 28.9 Å². The van der Waals surface area contributed by atoms with Crippen LogP contribution in [0.25, 0.3) is 6.08 Å². The lowest BCUT2D eigenvalue weighted by Gasteiger charge is -2.14. The number of hydrogen-bond acceptors (Lipinski definition) is 4. The van der Waals surface area contributed by atoms with Gasteiger partial charge in [-0.1, -0.05) is 24.3 Å². The summed E-state index contributed by atoms with van der Waals surface area (Å²) in [4.78, 5) is 11.9. The zero-order valence-electron chi connectivity index (χ0n) is 13.6. The molecule has 1 atom stereocenters. The summed E-state index contributed by atoms with van der Waals surface area (Å²) in [6.07, 6.45) is 6.79. The lowest BCUT2D eigenvalue weighted by atomic mass is 9.90. The number of ether oxygens (including phenoxy) is 1. The van der Waals surface area contributed by atoms with Gasteiger partial charge in [0, 0.05) is 17.0 Å². The van der Waals surface area contributed by atoms with E-state index < -0.39 is 5.97 Å². The van der Waals surface area contributed by atoms with E-state index in [1.165, 1.54) is 5.57 Å². The van der Waals surface area contributed by atoms with E-state index in [0.717, 1.165) is 36.0 Å². The third-order valence-electron chi connectivity index (χ3n) is 5.03. The minimum absolute atomic E-state index is 0.00271. The number of carbonyl (C=O) groups is 1. The Morgan fingerprint density at radius 3 is 2.88 bits per heavy atom. The molecule has 5 heteroatoms. The fourth-order valence-electron chi connectivity index (χ4n) is 3.61. The van der Waals surface area contributed by atoms with E-state index in [9.17, 15) is 15.0 Å². The predicted octanol–water partition coefficient (Wildman–Crippen LogP) is 4.17. The predicted molar refractivity (Wildman–Crippen MR) is 96.4 cm³/mol. The molecule has 2 N–H and O–H groups in total. The summed E-state index contributed by atoms with van der Waals surface area (Å²) in [6.45, 7) is 5.97. The second kappa shape index (κ2) is 6.40. The molecule has 1 unspecified atom stereocenters. The third-order valence-corrected chi connectivity index (χ3v) is 5.36. The molecular formula is C19H20O4S. The fraction of sp³-hybridized carbons (Fsp3) is 0.368. The molecule has 1 aromatic carbocycles. The first kappa shape index (κ1) is 16.7. The lowest BCUT2D eigenvalue weighted by molar-refractivity contribution is 0.0533. The zero-order valence-corrected chi connectivity index (χ0v) is 14.4. The maximum atomic E-state index is 11.9. The van der Waals surface area contributed by atoms with E-state index in [0.29, 0.717) is 12.0 Å². The molecule has 1 saturated carbocycles. The highest BCUT2D eigenvalue weighted by molar-refractivity contribution is 7.80. The van der Waals surface area contributed by atoms with E-state index >= 15 is 0 Å². The highest BCUT2D eigenvalue weighted by atomic mass is 32.1. The molecule has 3 rings (SSSR count). The lowest BCUT2D eigenvalue weighted by Crippen LogP contribution is -2.05. The van der Waals surface area contributed by atoms with Crippen molar-refractivity contribution in [1.82, 2.24) is 0 Å². The number of thiocarbonyl (C=S) groups is 1. The fourth-order valence-corrected chi connectivity index (χ4v) is 3.81. The Kier molecular flexibility index (Phi) is 4.45. The van der Waals surface area contributed by atoms with Crippen molar-refractivity contribution in [3.8, 4) is 5.75 Å². The number of esters is 1. The molecule has 4 nitrogen and oxygen atoms in total. The number of benzene rings is 1. The number of rotatable bonds is 4. The van der Waals surface area contributed by atoms with Gasteiger partial charge >= 0.3 is 5.97 Å². The van der Waals surface area contributed by atoms with Crippen LogP contribution in [0.5, 0.6) is 5.75 Å². The summed E-state index contributed by atoms with van der Waals surface area (Å²) in [5.74, 6) is -0.422. The van der Waals surface area contributed by atoms with Gasteiger partial charge in [-0.05, 0) is 56.0 Å². The number of phenols is 1. The van der Waals surface area contributed by atoms with Crippen LogP contribution >= 0.6 is 12.2 Å². The highest BCUT2D eigenvalue weighted by Crippen LogP contribution is 2.39. The molecule has 1 fully saturated rings. The molecule has 0 amide bonds. The summed E-state index contributed by atoms with van der Waals surface area (Å²) in [6, 6.07) is 0. The van der Waals surface area contributed by atoms with Gasteiger partial charge in [-0.3, -0.25) is 0 Å². The Hall–Kier alpha value is -2.14.